The molecule has 1 amide bonds. The van der Waals surface area contributed by atoms with Crippen LogP contribution < -0.4 is 5.32 Å². The second kappa shape index (κ2) is 7.45. The van der Waals surface area contributed by atoms with E-state index < -0.39 is 0 Å². The zero-order valence-electron chi connectivity index (χ0n) is 14.5. The molecule has 0 radical (unpaired) electrons. The first-order valence-corrected chi connectivity index (χ1v) is 10.2. The number of aryl methyl sites for hydroxylation is 2. The van der Waals surface area contributed by atoms with Crippen molar-refractivity contribution in [3.05, 3.63) is 41.2 Å². The van der Waals surface area contributed by atoms with Gasteiger partial charge in [0.05, 0.1) is 12.1 Å². The summed E-state index contributed by atoms with van der Waals surface area (Å²) in [4.78, 5) is 22.4. The number of nitrogens with one attached hydrogen (secondary N) is 1. The highest BCUT2D eigenvalue weighted by atomic mass is 32.2. The zero-order valence-corrected chi connectivity index (χ0v) is 16.2. The van der Waals surface area contributed by atoms with Gasteiger partial charge in [0, 0.05) is 21.8 Å². The Hall–Kier alpha value is -2.06. The number of hydrogen-bond acceptors (Lipinski definition) is 6. The summed E-state index contributed by atoms with van der Waals surface area (Å²) in [7, 11) is 0. The summed E-state index contributed by atoms with van der Waals surface area (Å²) in [6.07, 6.45) is 4.16. The van der Waals surface area contributed by atoms with Gasteiger partial charge in [0.15, 0.2) is 0 Å². The van der Waals surface area contributed by atoms with Gasteiger partial charge >= 0.3 is 0 Å². The van der Waals surface area contributed by atoms with E-state index in [-0.39, 0.29) is 12.3 Å². The number of hydrogen-bond donors (Lipinski definition) is 1. The molecule has 2 aromatic heterocycles. The molecule has 3 aromatic rings. The molecule has 0 saturated carbocycles. The summed E-state index contributed by atoms with van der Waals surface area (Å²) >= 11 is 3.08. The van der Waals surface area contributed by atoms with E-state index in [1.54, 1.807) is 16.3 Å². The fourth-order valence-corrected chi connectivity index (χ4v) is 3.53. The summed E-state index contributed by atoms with van der Waals surface area (Å²) in [5, 5.41) is 8.09. The summed E-state index contributed by atoms with van der Waals surface area (Å²) in [6, 6.07) is 7.78. The lowest BCUT2D eigenvalue weighted by Crippen LogP contribution is -2.18. The molecule has 0 atom stereocenters. The van der Waals surface area contributed by atoms with E-state index in [1.165, 1.54) is 11.8 Å². The molecule has 3 rings (SSSR count). The van der Waals surface area contributed by atoms with Gasteiger partial charge in [-0.1, -0.05) is 23.9 Å². The predicted molar refractivity (Wildman–Crippen MR) is 103 cm³/mol. The van der Waals surface area contributed by atoms with Gasteiger partial charge in [-0.15, -0.1) is 16.9 Å². The van der Waals surface area contributed by atoms with Crippen LogP contribution >= 0.6 is 23.5 Å². The number of fused-ring (bicyclic) bond motifs is 1. The minimum atomic E-state index is -0.0703. The largest absolute Gasteiger partial charge is 0.325 e. The highest BCUT2D eigenvalue weighted by Crippen LogP contribution is 2.25. The van der Waals surface area contributed by atoms with E-state index in [9.17, 15) is 4.79 Å². The first-order chi connectivity index (χ1) is 12.0. The minimum absolute atomic E-state index is 0.0703. The average Bonchev–Trinajstić information content (AvgIpc) is 3.02. The Morgan fingerprint density at radius 3 is 2.64 bits per heavy atom. The van der Waals surface area contributed by atoms with Crippen LogP contribution in [0.4, 0.5) is 5.69 Å². The van der Waals surface area contributed by atoms with Crippen molar-refractivity contribution in [2.45, 2.75) is 30.3 Å². The molecule has 1 aromatic carbocycles. The Bertz CT molecular complexity index is 938. The number of aromatic nitrogens is 4. The maximum atomic E-state index is 12.6. The highest BCUT2D eigenvalue weighted by molar-refractivity contribution is 7.98. The number of nitrogens with zero attached hydrogens (tertiary/aromatic N) is 4. The molecule has 0 aliphatic carbocycles. The van der Waals surface area contributed by atoms with Crippen LogP contribution in [-0.4, -0.2) is 38.0 Å². The minimum Gasteiger partial charge on any atom is -0.325 e. The smallest absolute Gasteiger partial charge is 0.253 e. The van der Waals surface area contributed by atoms with Crippen molar-refractivity contribution in [1.29, 1.82) is 0 Å². The molecule has 8 heteroatoms. The van der Waals surface area contributed by atoms with Gasteiger partial charge in [0.25, 0.3) is 5.78 Å². The van der Waals surface area contributed by atoms with Crippen LogP contribution in [0.2, 0.25) is 0 Å². The van der Waals surface area contributed by atoms with Crippen LogP contribution in [0.5, 0.6) is 0 Å². The van der Waals surface area contributed by atoms with Gasteiger partial charge in [-0.3, -0.25) is 4.79 Å². The fourth-order valence-electron chi connectivity index (χ4n) is 2.64. The SMILES string of the molecule is CSc1nc2nc(C)c(CC(=O)Nc3ccccc3SC)c(C)n2n1. The van der Waals surface area contributed by atoms with E-state index in [2.05, 4.69) is 20.4 Å². The Labute approximate surface area is 154 Å². The van der Waals surface area contributed by atoms with Crippen molar-refractivity contribution in [2.24, 2.45) is 0 Å². The molecule has 130 valence electrons. The Morgan fingerprint density at radius 1 is 1.16 bits per heavy atom. The maximum Gasteiger partial charge on any atom is 0.253 e. The number of anilines is 1. The quantitative estimate of drug-likeness (QED) is 0.692. The average molecular weight is 374 g/mol. The molecule has 0 unspecified atom stereocenters. The molecule has 1 N–H and O–H groups in total. The number of amides is 1. The predicted octanol–water partition coefficient (Wildman–Crippen LogP) is 3.37. The van der Waals surface area contributed by atoms with Gasteiger partial charge in [0.1, 0.15) is 0 Å². The number of benzene rings is 1. The van der Waals surface area contributed by atoms with Gasteiger partial charge in [0.2, 0.25) is 11.1 Å². The van der Waals surface area contributed by atoms with Crippen molar-refractivity contribution in [2.75, 3.05) is 17.8 Å². The third kappa shape index (κ3) is 3.64. The van der Waals surface area contributed by atoms with Crippen LogP contribution in [0, 0.1) is 13.8 Å². The lowest BCUT2D eigenvalue weighted by atomic mass is 10.1. The molecular formula is C17H19N5OS2. The summed E-state index contributed by atoms with van der Waals surface area (Å²) < 4.78 is 1.71. The molecular weight excluding hydrogens is 354 g/mol. The van der Waals surface area contributed by atoms with Crippen molar-refractivity contribution >= 4 is 40.9 Å². The number of thioether (sulfide) groups is 2. The topological polar surface area (TPSA) is 72.2 Å². The van der Waals surface area contributed by atoms with E-state index in [1.807, 2.05) is 50.6 Å². The maximum absolute atomic E-state index is 12.6. The van der Waals surface area contributed by atoms with E-state index in [4.69, 9.17) is 0 Å². The van der Waals surface area contributed by atoms with Crippen LogP contribution in [-0.2, 0) is 11.2 Å². The number of carbonyl (C=O) groups excluding carboxylic acids is 1. The number of carbonyl (C=O) groups is 1. The van der Waals surface area contributed by atoms with Crippen molar-refractivity contribution in [3.63, 3.8) is 0 Å². The molecule has 0 saturated heterocycles. The molecule has 0 fully saturated rings. The zero-order chi connectivity index (χ0) is 18.0. The second-order valence-electron chi connectivity index (χ2n) is 5.50. The molecule has 2 heterocycles. The standard InChI is InChI=1S/C17H19N5OS2/c1-10-12(11(2)22-16(18-10)20-17(21-22)25-4)9-15(23)19-13-7-5-6-8-14(13)24-3/h5-8H,9H2,1-4H3,(H,19,23). The van der Waals surface area contributed by atoms with Crippen molar-refractivity contribution in [3.8, 4) is 0 Å². The van der Waals surface area contributed by atoms with E-state index in [0.717, 1.165) is 27.5 Å². The van der Waals surface area contributed by atoms with E-state index in [0.29, 0.717) is 10.9 Å². The van der Waals surface area contributed by atoms with Crippen molar-refractivity contribution in [1.82, 2.24) is 19.6 Å². The monoisotopic (exact) mass is 373 g/mol. The van der Waals surface area contributed by atoms with Gasteiger partial charge in [-0.25, -0.2) is 9.50 Å². The third-order valence-corrected chi connectivity index (χ3v) is 5.26. The summed E-state index contributed by atoms with van der Waals surface area (Å²) in [5.41, 5.74) is 3.40. The molecule has 0 bridgehead atoms. The van der Waals surface area contributed by atoms with Crippen LogP contribution in [0.25, 0.3) is 5.78 Å². The van der Waals surface area contributed by atoms with Crippen LogP contribution in [0.1, 0.15) is 17.0 Å². The summed E-state index contributed by atoms with van der Waals surface area (Å²) in [5.74, 6) is 0.496. The molecule has 0 aliphatic rings. The molecule has 6 nitrogen and oxygen atoms in total. The first kappa shape index (κ1) is 17.8. The Kier molecular flexibility index (Phi) is 5.29. The lowest BCUT2D eigenvalue weighted by Gasteiger charge is -2.12. The normalized spacial score (nSPS) is 11.0. The van der Waals surface area contributed by atoms with Gasteiger partial charge in [-0.05, 0) is 38.5 Å². The van der Waals surface area contributed by atoms with Crippen LogP contribution in [0.3, 0.4) is 0 Å². The van der Waals surface area contributed by atoms with Crippen LogP contribution in [0.15, 0.2) is 34.3 Å². The second-order valence-corrected chi connectivity index (χ2v) is 7.12. The van der Waals surface area contributed by atoms with E-state index >= 15 is 0 Å². The Balaban J connectivity index is 1.88. The number of rotatable bonds is 5. The molecule has 0 aliphatic heterocycles. The fraction of sp³-hybridized carbons (Fsp3) is 0.294. The van der Waals surface area contributed by atoms with Gasteiger partial charge < -0.3 is 5.32 Å². The number of para-hydroxylation sites is 1. The van der Waals surface area contributed by atoms with Gasteiger partial charge in [-0.2, -0.15) is 4.98 Å². The highest BCUT2D eigenvalue weighted by Gasteiger charge is 2.16. The molecule has 0 spiro atoms. The molecule has 25 heavy (non-hydrogen) atoms. The Morgan fingerprint density at radius 2 is 1.92 bits per heavy atom. The first-order valence-electron chi connectivity index (χ1n) is 7.73. The summed E-state index contributed by atoms with van der Waals surface area (Å²) in [6.45, 7) is 3.85. The third-order valence-electron chi connectivity index (χ3n) is 3.93. The van der Waals surface area contributed by atoms with Crippen molar-refractivity contribution < 1.29 is 4.79 Å². The lowest BCUT2D eigenvalue weighted by molar-refractivity contribution is -0.115.